The maximum Gasteiger partial charge on any atom is 0.348 e. The topological polar surface area (TPSA) is 109 Å². The van der Waals surface area contributed by atoms with Gasteiger partial charge in [-0.15, -0.1) is 0 Å². The van der Waals surface area contributed by atoms with Crippen LogP contribution in [0.15, 0.2) is 43.5 Å². The van der Waals surface area contributed by atoms with Crippen molar-refractivity contribution < 1.29 is 17.9 Å². The Bertz CT molecular complexity index is 974. The second kappa shape index (κ2) is 6.48. The number of nitrogens with zero attached hydrogens (tertiary/aromatic N) is 1. The number of aromatic hydroxyl groups is 1. The SMILES string of the molecule is C/C(=N\NS(=O)(=O)c1ccc(C)cc1C)c1c(O)cc(C)oc1=O. The molecule has 0 amide bonds. The van der Waals surface area contributed by atoms with Crippen molar-refractivity contribution in [1.82, 2.24) is 4.83 Å². The van der Waals surface area contributed by atoms with Gasteiger partial charge in [-0.3, -0.25) is 0 Å². The van der Waals surface area contributed by atoms with Crippen molar-refractivity contribution >= 4 is 15.7 Å². The molecule has 0 radical (unpaired) electrons. The average Bonchev–Trinajstić information content (AvgIpc) is 2.43. The lowest BCUT2D eigenvalue weighted by atomic mass is 10.2. The largest absolute Gasteiger partial charge is 0.507 e. The van der Waals surface area contributed by atoms with Crippen molar-refractivity contribution in [3.63, 3.8) is 0 Å². The first kappa shape index (κ1) is 17.7. The number of sulfonamides is 1. The Labute approximate surface area is 139 Å². The zero-order valence-corrected chi connectivity index (χ0v) is 14.6. The second-order valence-corrected chi connectivity index (χ2v) is 7.09. The number of hydrogen-bond donors (Lipinski definition) is 2. The fourth-order valence-corrected chi connectivity index (χ4v) is 3.35. The van der Waals surface area contributed by atoms with E-state index in [1.165, 1.54) is 26.0 Å². The third kappa shape index (κ3) is 3.65. The first-order valence-electron chi connectivity index (χ1n) is 7.09. The Morgan fingerprint density at radius 3 is 2.46 bits per heavy atom. The molecule has 0 unspecified atom stereocenters. The molecule has 0 spiro atoms. The molecule has 2 rings (SSSR count). The molecule has 0 fully saturated rings. The maximum atomic E-state index is 12.3. The summed E-state index contributed by atoms with van der Waals surface area (Å²) in [6.45, 7) is 6.45. The normalized spacial score (nSPS) is 12.2. The van der Waals surface area contributed by atoms with Crippen LogP contribution in [0.1, 0.15) is 29.4 Å². The average molecular weight is 350 g/mol. The number of hydrogen-bond acceptors (Lipinski definition) is 6. The van der Waals surface area contributed by atoms with E-state index in [1.54, 1.807) is 19.1 Å². The zero-order chi connectivity index (χ0) is 18.1. The number of aryl methyl sites for hydroxylation is 3. The number of hydrazone groups is 1. The van der Waals surface area contributed by atoms with Gasteiger partial charge in [0.2, 0.25) is 0 Å². The van der Waals surface area contributed by atoms with Crippen LogP contribution in [0, 0.1) is 20.8 Å². The summed E-state index contributed by atoms with van der Waals surface area (Å²) in [5.41, 5.74) is 0.527. The molecular formula is C16H18N2O5S. The van der Waals surface area contributed by atoms with Crippen molar-refractivity contribution in [2.24, 2.45) is 5.10 Å². The number of nitrogens with one attached hydrogen (secondary N) is 1. The molecule has 0 saturated carbocycles. The third-order valence-corrected chi connectivity index (χ3v) is 4.74. The highest BCUT2D eigenvalue weighted by Crippen LogP contribution is 2.17. The van der Waals surface area contributed by atoms with Crippen molar-refractivity contribution in [1.29, 1.82) is 0 Å². The third-order valence-electron chi connectivity index (χ3n) is 3.37. The fourth-order valence-electron chi connectivity index (χ4n) is 2.26. The van der Waals surface area contributed by atoms with E-state index in [-0.39, 0.29) is 27.7 Å². The van der Waals surface area contributed by atoms with Gasteiger partial charge < -0.3 is 9.52 Å². The molecule has 1 aromatic carbocycles. The minimum atomic E-state index is -3.90. The maximum absolute atomic E-state index is 12.3. The van der Waals surface area contributed by atoms with E-state index in [1.807, 2.05) is 6.92 Å². The number of benzene rings is 1. The van der Waals surface area contributed by atoms with Crippen LogP contribution < -0.4 is 10.5 Å². The van der Waals surface area contributed by atoms with Crippen LogP contribution in [-0.2, 0) is 10.0 Å². The van der Waals surface area contributed by atoms with Gasteiger partial charge in [-0.1, -0.05) is 17.7 Å². The van der Waals surface area contributed by atoms with Crippen LogP contribution in [0.4, 0.5) is 0 Å². The lowest BCUT2D eigenvalue weighted by Crippen LogP contribution is -2.22. The first-order valence-corrected chi connectivity index (χ1v) is 8.57. The van der Waals surface area contributed by atoms with Gasteiger partial charge >= 0.3 is 5.63 Å². The van der Waals surface area contributed by atoms with Crippen LogP contribution in [0.25, 0.3) is 0 Å². The van der Waals surface area contributed by atoms with Crippen LogP contribution in [0.3, 0.4) is 0 Å². The Morgan fingerprint density at radius 2 is 1.88 bits per heavy atom. The van der Waals surface area contributed by atoms with Gasteiger partial charge in [0.1, 0.15) is 17.1 Å². The van der Waals surface area contributed by atoms with Crippen LogP contribution >= 0.6 is 0 Å². The monoisotopic (exact) mass is 350 g/mol. The van der Waals surface area contributed by atoms with Crippen molar-refractivity contribution in [2.45, 2.75) is 32.6 Å². The van der Waals surface area contributed by atoms with Crippen molar-refractivity contribution in [3.8, 4) is 5.75 Å². The molecule has 0 bridgehead atoms. The lowest BCUT2D eigenvalue weighted by molar-refractivity contribution is 0.432. The lowest BCUT2D eigenvalue weighted by Gasteiger charge is -2.09. The van der Waals surface area contributed by atoms with Crippen molar-refractivity contribution in [3.05, 3.63) is 57.1 Å². The molecule has 0 aliphatic rings. The predicted molar refractivity (Wildman–Crippen MR) is 89.8 cm³/mol. The molecule has 0 aliphatic heterocycles. The minimum Gasteiger partial charge on any atom is -0.507 e. The van der Waals surface area contributed by atoms with E-state index in [9.17, 15) is 18.3 Å². The predicted octanol–water partition coefficient (Wildman–Crippen LogP) is 1.97. The molecule has 0 saturated heterocycles. The Balaban J connectivity index is 2.38. The van der Waals surface area contributed by atoms with Crippen LogP contribution in [0.5, 0.6) is 5.75 Å². The second-order valence-electron chi connectivity index (χ2n) is 5.47. The molecular weight excluding hydrogens is 332 g/mol. The van der Waals surface area contributed by atoms with E-state index < -0.39 is 15.6 Å². The Kier molecular flexibility index (Phi) is 4.79. The summed E-state index contributed by atoms with van der Waals surface area (Å²) < 4.78 is 29.6. The summed E-state index contributed by atoms with van der Waals surface area (Å²) in [4.78, 5) is 14.0. The summed E-state index contributed by atoms with van der Waals surface area (Å²) in [6, 6.07) is 6.16. The van der Waals surface area contributed by atoms with E-state index in [0.29, 0.717) is 5.56 Å². The molecule has 2 N–H and O–H groups in total. The highest BCUT2D eigenvalue weighted by molar-refractivity contribution is 7.89. The minimum absolute atomic E-state index is 0.00501. The molecule has 2 aromatic rings. The Morgan fingerprint density at radius 1 is 1.21 bits per heavy atom. The summed E-state index contributed by atoms with van der Waals surface area (Å²) in [5.74, 6) is -0.0828. The Hall–Kier alpha value is -2.61. The van der Waals surface area contributed by atoms with Gasteiger partial charge in [-0.2, -0.15) is 18.4 Å². The van der Waals surface area contributed by atoms with E-state index >= 15 is 0 Å². The molecule has 24 heavy (non-hydrogen) atoms. The summed E-state index contributed by atoms with van der Waals surface area (Å²) in [6.07, 6.45) is 0. The quantitative estimate of drug-likeness (QED) is 0.647. The van der Waals surface area contributed by atoms with Gasteiger partial charge in [0.15, 0.2) is 0 Å². The van der Waals surface area contributed by atoms with E-state index in [0.717, 1.165) is 5.56 Å². The van der Waals surface area contributed by atoms with E-state index in [2.05, 4.69) is 9.93 Å². The molecule has 0 aliphatic carbocycles. The summed E-state index contributed by atoms with van der Waals surface area (Å²) in [7, 11) is -3.90. The summed E-state index contributed by atoms with van der Waals surface area (Å²) >= 11 is 0. The fraction of sp³-hybridized carbons (Fsp3) is 0.250. The summed E-state index contributed by atoms with van der Waals surface area (Å²) in [5, 5.41) is 13.6. The van der Waals surface area contributed by atoms with E-state index in [4.69, 9.17) is 4.42 Å². The molecule has 1 aromatic heterocycles. The van der Waals surface area contributed by atoms with Gasteiger partial charge in [0.25, 0.3) is 10.0 Å². The highest BCUT2D eigenvalue weighted by atomic mass is 32.2. The smallest absolute Gasteiger partial charge is 0.348 e. The molecule has 1 heterocycles. The molecule has 8 heteroatoms. The van der Waals surface area contributed by atoms with Gasteiger partial charge in [0, 0.05) is 6.07 Å². The first-order chi connectivity index (χ1) is 11.1. The van der Waals surface area contributed by atoms with Gasteiger partial charge in [-0.05, 0) is 39.3 Å². The molecule has 0 atom stereocenters. The molecule has 7 nitrogen and oxygen atoms in total. The van der Waals surface area contributed by atoms with Crippen LogP contribution in [0.2, 0.25) is 0 Å². The highest BCUT2D eigenvalue weighted by Gasteiger charge is 2.18. The zero-order valence-electron chi connectivity index (χ0n) is 13.7. The number of rotatable bonds is 4. The van der Waals surface area contributed by atoms with Gasteiger partial charge in [-0.25, -0.2) is 4.79 Å². The van der Waals surface area contributed by atoms with Crippen LogP contribution in [-0.4, -0.2) is 19.2 Å². The van der Waals surface area contributed by atoms with Crippen molar-refractivity contribution in [2.75, 3.05) is 0 Å². The molecule has 128 valence electrons. The standard InChI is InChI=1S/C16H18N2O5S/c1-9-5-6-14(10(2)7-9)24(21,22)18-17-12(4)15-13(19)8-11(3)23-16(15)20/h5-8,18-19H,1-4H3/b17-12+. The van der Waals surface area contributed by atoms with Gasteiger partial charge in [0.05, 0.1) is 10.6 Å².